The zero-order chi connectivity index (χ0) is 30.3. The second-order valence-corrected chi connectivity index (χ2v) is 11.9. The molecule has 0 saturated heterocycles. The maximum absolute atomic E-state index is 13.2. The number of nitrogens with one attached hydrogen (secondary N) is 2. The number of halogens is 2. The fourth-order valence-corrected chi connectivity index (χ4v) is 5.53. The quantitative estimate of drug-likeness (QED) is 0.0360. The number of carbonyl (C=O) groups is 1. The third-order valence-corrected chi connectivity index (χ3v) is 8.10. The summed E-state index contributed by atoms with van der Waals surface area (Å²) in [6.07, 6.45) is 28.4. The van der Waals surface area contributed by atoms with Gasteiger partial charge in [0.25, 0.3) is 0 Å². The molecule has 0 aromatic carbocycles. The number of aromatic amines is 2. The molecule has 0 aliphatic carbocycles. The molecule has 0 aliphatic rings. The van der Waals surface area contributed by atoms with E-state index in [4.69, 9.17) is 4.65 Å². The number of aryl methyl sites for hydroxylation is 2. The highest BCUT2D eigenvalue weighted by Crippen LogP contribution is 2.21. The third kappa shape index (κ3) is 16.4. The molecule has 0 unspecified atom stereocenters. The molecular weight excluding hydrogens is 529 g/mol. The number of carbonyl (C=O) groups excluding carboxylic acids is 1. The van der Waals surface area contributed by atoms with Crippen molar-refractivity contribution in [2.24, 2.45) is 0 Å². The lowest BCUT2D eigenvalue weighted by Gasteiger charge is -2.07. The topological polar surface area (TPSA) is 57.9 Å². The number of ketones is 1. The van der Waals surface area contributed by atoms with Crippen LogP contribution in [0.2, 0.25) is 0 Å². The van der Waals surface area contributed by atoms with Crippen LogP contribution >= 0.6 is 0 Å². The minimum Gasteiger partial charge on any atom is -0.503 e. The smallest absolute Gasteiger partial charge is 0.503 e. The maximum Gasteiger partial charge on any atom is 0.796 e. The zero-order valence-electron chi connectivity index (χ0n) is 26.6. The molecule has 2 aromatic rings. The van der Waals surface area contributed by atoms with Crippen LogP contribution in [0.3, 0.4) is 0 Å². The minimum atomic E-state index is -3.01. The first-order chi connectivity index (χ1) is 20.5. The minimum absolute atomic E-state index is 0.129. The Hall–Kier alpha value is -2.31. The fraction of sp³-hybridized carbons (Fsp3) is 0.686. The normalized spacial score (nSPS) is 11.8. The van der Waals surface area contributed by atoms with Crippen molar-refractivity contribution in [3.05, 3.63) is 53.1 Å². The number of allylic oxidation sites excluding steroid dienone is 1. The summed E-state index contributed by atoms with van der Waals surface area (Å²) in [6, 6.07) is 7.27. The highest BCUT2D eigenvalue weighted by molar-refractivity contribution is 6.36. The van der Waals surface area contributed by atoms with Gasteiger partial charge in [0, 0.05) is 17.5 Å². The van der Waals surface area contributed by atoms with Crippen LogP contribution in [0.5, 0.6) is 0 Å². The SMILES string of the molecule is CCCCCCCCCCCCc1ccc(C(=O)/C=C(\OB(F)F)c2ccc(CCCCCCCCCCCC)[nH]2)[nH]1. The van der Waals surface area contributed by atoms with Gasteiger partial charge in [-0.3, -0.25) is 4.79 Å². The van der Waals surface area contributed by atoms with Crippen molar-refractivity contribution in [2.75, 3.05) is 0 Å². The molecule has 7 heteroatoms. The zero-order valence-corrected chi connectivity index (χ0v) is 26.6. The molecule has 2 aromatic heterocycles. The molecule has 0 fully saturated rings. The summed E-state index contributed by atoms with van der Waals surface area (Å²) >= 11 is 0. The van der Waals surface area contributed by atoms with E-state index in [0.29, 0.717) is 11.4 Å². The number of hydrogen-bond acceptors (Lipinski definition) is 2. The predicted octanol–water partition coefficient (Wildman–Crippen LogP) is 11.4. The molecule has 0 saturated carbocycles. The van der Waals surface area contributed by atoms with Gasteiger partial charge in [0.15, 0.2) is 0 Å². The average Bonchev–Trinajstić information content (AvgIpc) is 3.65. The van der Waals surface area contributed by atoms with Crippen LogP contribution in [0.25, 0.3) is 5.76 Å². The van der Waals surface area contributed by atoms with Gasteiger partial charge >= 0.3 is 7.47 Å². The van der Waals surface area contributed by atoms with Crippen molar-refractivity contribution in [1.29, 1.82) is 0 Å². The monoisotopic (exact) mass is 586 g/mol. The summed E-state index contributed by atoms with van der Waals surface area (Å²) < 4.78 is 31.1. The van der Waals surface area contributed by atoms with Gasteiger partial charge in [-0.25, -0.2) is 8.63 Å². The number of H-pyrrole nitrogens is 2. The van der Waals surface area contributed by atoms with Crippen LogP contribution < -0.4 is 0 Å². The Labute approximate surface area is 255 Å². The van der Waals surface area contributed by atoms with Gasteiger partial charge in [-0.15, -0.1) is 0 Å². The van der Waals surface area contributed by atoms with Crippen LogP contribution in [-0.4, -0.2) is 23.2 Å². The molecule has 2 heterocycles. The van der Waals surface area contributed by atoms with Crippen LogP contribution in [0.15, 0.2) is 30.3 Å². The van der Waals surface area contributed by atoms with Crippen LogP contribution in [0, 0.1) is 0 Å². The first-order valence-electron chi connectivity index (χ1n) is 17.1. The van der Waals surface area contributed by atoms with Gasteiger partial charge in [-0.2, -0.15) is 0 Å². The van der Waals surface area contributed by atoms with Crippen molar-refractivity contribution in [3.8, 4) is 0 Å². The Morgan fingerprint density at radius 2 is 1.00 bits per heavy atom. The lowest BCUT2D eigenvalue weighted by atomic mass is 10.1. The van der Waals surface area contributed by atoms with E-state index in [1.807, 2.05) is 12.1 Å². The van der Waals surface area contributed by atoms with E-state index in [0.717, 1.165) is 43.5 Å². The summed E-state index contributed by atoms with van der Waals surface area (Å²) in [5, 5.41) is 0. The number of unbranched alkanes of at least 4 members (excludes halogenated alkanes) is 18. The van der Waals surface area contributed by atoms with Crippen molar-refractivity contribution in [3.63, 3.8) is 0 Å². The fourth-order valence-electron chi connectivity index (χ4n) is 5.53. The molecule has 2 N–H and O–H groups in total. The largest absolute Gasteiger partial charge is 0.796 e. The summed E-state index contributed by atoms with van der Waals surface area (Å²) in [5.41, 5.74) is 2.77. The van der Waals surface area contributed by atoms with Crippen molar-refractivity contribution >= 4 is 19.0 Å². The molecule has 0 spiro atoms. The third-order valence-electron chi connectivity index (χ3n) is 8.10. The lowest BCUT2D eigenvalue weighted by Crippen LogP contribution is -2.07. The Balaban J connectivity index is 1.74. The molecular formula is C35H57BF2N2O2. The second kappa shape index (κ2) is 23.2. The van der Waals surface area contributed by atoms with E-state index in [-0.39, 0.29) is 11.5 Å². The Bertz CT molecular complexity index is 985. The van der Waals surface area contributed by atoms with Gasteiger partial charge in [-0.05, 0) is 49.9 Å². The standard InChI is InChI=1S/C35H57BF2N2O2/c1-3-5-7-9-11-13-15-17-19-21-23-30-25-27-32(39-30)34(41)29-35(42-36(37)38)33-28-26-31(40-33)24-22-20-18-16-14-12-10-8-6-4-2/h25-29,39-40H,3-24H2,1-2H3/b35-29-. The van der Waals surface area contributed by atoms with Gasteiger partial charge in [0.2, 0.25) is 5.78 Å². The van der Waals surface area contributed by atoms with E-state index < -0.39 is 7.47 Å². The summed E-state index contributed by atoms with van der Waals surface area (Å²) in [7, 11) is -3.01. The summed E-state index contributed by atoms with van der Waals surface area (Å²) in [6.45, 7) is 4.49. The Kier molecular flexibility index (Phi) is 19.8. The molecule has 4 nitrogen and oxygen atoms in total. The Morgan fingerprint density at radius 3 is 1.43 bits per heavy atom. The highest BCUT2D eigenvalue weighted by atomic mass is 19.2. The average molecular weight is 587 g/mol. The first kappa shape index (κ1) is 35.9. The van der Waals surface area contributed by atoms with Crippen LogP contribution in [0.4, 0.5) is 8.63 Å². The van der Waals surface area contributed by atoms with E-state index >= 15 is 0 Å². The highest BCUT2D eigenvalue weighted by Gasteiger charge is 2.22. The molecule has 2 rings (SSSR count). The predicted molar refractivity (Wildman–Crippen MR) is 174 cm³/mol. The lowest BCUT2D eigenvalue weighted by molar-refractivity contribution is 0.104. The van der Waals surface area contributed by atoms with E-state index in [1.165, 1.54) is 115 Å². The van der Waals surface area contributed by atoms with Crippen LogP contribution in [0.1, 0.15) is 170 Å². The summed E-state index contributed by atoms with van der Waals surface area (Å²) in [4.78, 5) is 19.3. The van der Waals surface area contributed by atoms with Crippen molar-refractivity contribution in [1.82, 2.24) is 9.97 Å². The number of hydrogen-bond donors (Lipinski definition) is 2. The molecule has 0 radical (unpaired) electrons. The molecule has 0 bridgehead atoms. The van der Waals surface area contributed by atoms with Crippen molar-refractivity contribution < 1.29 is 18.1 Å². The van der Waals surface area contributed by atoms with Crippen molar-refractivity contribution in [2.45, 2.75) is 155 Å². The second-order valence-electron chi connectivity index (χ2n) is 11.9. The molecule has 42 heavy (non-hydrogen) atoms. The van der Waals surface area contributed by atoms with E-state index in [9.17, 15) is 13.4 Å². The van der Waals surface area contributed by atoms with Gasteiger partial charge < -0.3 is 14.6 Å². The van der Waals surface area contributed by atoms with Gasteiger partial charge in [0.1, 0.15) is 5.76 Å². The molecule has 0 aliphatic heterocycles. The molecule has 236 valence electrons. The number of rotatable bonds is 27. The summed E-state index contributed by atoms with van der Waals surface area (Å²) in [5.74, 6) is -0.499. The molecule has 0 amide bonds. The first-order valence-corrected chi connectivity index (χ1v) is 17.1. The maximum atomic E-state index is 13.2. The van der Waals surface area contributed by atoms with E-state index in [2.05, 4.69) is 23.8 Å². The van der Waals surface area contributed by atoms with Crippen LogP contribution in [-0.2, 0) is 17.5 Å². The Morgan fingerprint density at radius 1 is 0.619 bits per heavy atom. The number of aromatic nitrogens is 2. The van der Waals surface area contributed by atoms with Gasteiger partial charge in [0.05, 0.1) is 11.4 Å². The molecule has 0 atom stereocenters. The van der Waals surface area contributed by atoms with Gasteiger partial charge in [-0.1, -0.05) is 129 Å². The van der Waals surface area contributed by atoms with E-state index in [1.54, 1.807) is 12.1 Å².